The van der Waals surface area contributed by atoms with Crippen molar-refractivity contribution in [2.24, 2.45) is 5.92 Å². The lowest BCUT2D eigenvalue weighted by molar-refractivity contribution is -0.121. The van der Waals surface area contributed by atoms with Gasteiger partial charge in [0.2, 0.25) is 0 Å². The van der Waals surface area contributed by atoms with Gasteiger partial charge in [-0.1, -0.05) is 13.0 Å². The molecule has 0 spiro atoms. The number of nitrogens with zero attached hydrogens (tertiary/aromatic N) is 1. The van der Waals surface area contributed by atoms with Gasteiger partial charge < -0.3 is 0 Å². The van der Waals surface area contributed by atoms with Crippen LogP contribution in [0.3, 0.4) is 0 Å². The third-order valence-corrected chi connectivity index (χ3v) is 3.46. The van der Waals surface area contributed by atoms with Gasteiger partial charge >= 0.3 is 0 Å². The predicted molar refractivity (Wildman–Crippen MR) is 59.7 cm³/mol. The van der Waals surface area contributed by atoms with Crippen molar-refractivity contribution in [3.63, 3.8) is 0 Å². The average molecular weight is 203 g/mol. The highest BCUT2D eigenvalue weighted by Crippen LogP contribution is 2.36. The number of pyridine rings is 1. The van der Waals surface area contributed by atoms with Crippen LogP contribution in [0, 0.1) is 12.8 Å². The van der Waals surface area contributed by atoms with Crippen LogP contribution < -0.4 is 0 Å². The molecule has 15 heavy (non-hydrogen) atoms. The van der Waals surface area contributed by atoms with Crippen LogP contribution in [0.2, 0.25) is 0 Å². The Morgan fingerprint density at radius 2 is 2.27 bits per heavy atom. The highest BCUT2D eigenvalue weighted by molar-refractivity contribution is 5.80. The fourth-order valence-electron chi connectivity index (χ4n) is 2.44. The van der Waals surface area contributed by atoms with Gasteiger partial charge in [0.05, 0.1) is 0 Å². The first-order chi connectivity index (χ1) is 7.18. The predicted octanol–water partition coefficient (Wildman–Crippen LogP) is 2.86. The van der Waals surface area contributed by atoms with Crippen LogP contribution in [-0.2, 0) is 4.79 Å². The molecule has 2 unspecified atom stereocenters. The van der Waals surface area contributed by atoms with Crippen LogP contribution in [0.15, 0.2) is 18.3 Å². The second-order valence-corrected chi connectivity index (χ2v) is 4.54. The maximum Gasteiger partial charge on any atom is 0.133 e. The smallest absolute Gasteiger partial charge is 0.133 e. The Bertz CT molecular complexity index is 373. The van der Waals surface area contributed by atoms with Crippen molar-refractivity contribution in [3.05, 3.63) is 29.6 Å². The van der Waals surface area contributed by atoms with Crippen molar-refractivity contribution in [1.29, 1.82) is 0 Å². The zero-order valence-electron chi connectivity index (χ0n) is 9.36. The molecule has 80 valence electrons. The third kappa shape index (κ3) is 2.09. The van der Waals surface area contributed by atoms with Crippen molar-refractivity contribution in [2.75, 3.05) is 0 Å². The summed E-state index contributed by atoms with van der Waals surface area (Å²) in [6.07, 6.45) is 4.30. The molecule has 1 saturated carbocycles. The second kappa shape index (κ2) is 4.13. The minimum absolute atomic E-state index is 0.389. The molecule has 2 heteroatoms. The SMILES string of the molecule is Cc1ncccc1C1CC(=O)CCC1C. The van der Waals surface area contributed by atoms with Gasteiger partial charge in [-0.2, -0.15) is 0 Å². The van der Waals surface area contributed by atoms with Gasteiger partial charge in [0.1, 0.15) is 5.78 Å². The first-order valence-electron chi connectivity index (χ1n) is 5.61. The number of hydrogen-bond donors (Lipinski definition) is 0. The summed E-state index contributed by atoms with van der Waals surface area (Å²) in [5.41, 5.74) is 2.34. The molecule has 0 N–H and O–H groups in total. The average Bonchev–Trinajstić information content (AvgIpc) is 2.23. The molecule has 1 aromatic rings. The number of carbonyl (C=O) groups is 1. The van der Waals surface area contributed by atoms with Crippen LogP contribution in [0.4, 0.5) is 0 Å². The van der Waals surface area contributed by atoms with Gasteiger partial charge in [-0.15, -0.1) is 0 Å². The topological polar surface area (TPSA) is 30.0 Å². The van der Waals surface area contributed by atoms with E-state index in [-0.39, 0.29) is 0 Å². The lowest BCUT2D eigenvalue weighted by Crippen LogP contribution is -2.22. The van der Waals surface area contributed by atoms with E-state index in [1.165, 1.54) is 5.56 Å². The fourth-order valence-corrected chi connectivity index (χ4v) is 2.44. The highest BCUT2D eigenvalue weighted by atomic mass is 16.1. The summed E-state index contributed by atoms with van der Waals surface area (Å²) in [4.78, 5) is 15.8. The standard InChI is InChI=1S/C13H17NO/c1-9-5-6-11(15)8-13(9)12-4-3-7-14-10(12)2/h3-4,7,9,13H,5-6,8H2,1-2H3. The molecule has 0 saturated heterocycles. The lowest BCUT2D eigenvalue weighted by Gasteiger charge is -2.28. The Morgan fingerprint density at radius 1 is 1.47 bits per heavy atom. The van der Waals surface area contributed by atoms with E-state index in [1.54, 1.807) is 0 Å². The number of carbonyl (C=O) groups excluding carboxylic acids is 1. The molecular formula is C13H17NO. The van der Waals surface area contributed by atoms with Crippen LogP contribution in [0.1, 0.15) is 43.4 Å². The summed E-state index contributed by atoms with van der Waals surface area (Å²) in [6, 6.07) is 4.08. The number of aromatic nitrogens is 1. The lowest BCUT2D eigenvalue weighted by atomic mass is 9.75. The minimum atomic E-state index is 0.389. The van der Waals surface area contributed by atoms with E-state index in [2.05, 4.69) is 18.0 Å². The summed E-state index contributed by atoms with van der Waals surface area (Å²) in [6.45, 7) is 4.27. The largest absolute Gasteiger partial charge is 0.300 e. The Labute approximate surface area is 90.7 Å². The van der Waals surface area contributed by atoms with E-state index >= 15 is 0 Å². The van der Waals surface area contributed by atoms with Crippen molar-refractivity contribution < 1.29 is 4.79 Å². The molecule has 2 nitrogen and oxygen atoms in total. The Kier molecular flexibility index (Phi) is 2.85. The Hall–Kier alpha value is -1.18. The molecule has 0 radical (unpaired) electrons. The summed E-state index contributed by atoms with van der Waals surface area (Å²) < 4.78 is 0. The maximum atomic E-state index is 11.5. The molecule has 0 amide bonds. The van der Waals surface area contributed by atoms with Crippen molar-refractivity contribution in [1.82, 2.24) is 4.98 Å². The normalized spacial score (nSPS) is 26.7. The van der Waals surface area contributed by atoms with E-state index in [9.17, 15) is 4.79 Å². The molecule has 1 aliphatic rings. The number of ketones is 1. The van der Waals surface area contributed by atoms with Gasteiger partial charge in [-0.25, -0.2) is 0 Å². The fraction of sp³-hybridized carbons (Fsp3) is 0.538. The van der Waals surface area contributed by atoms with E-state index in [1.807, 2.05) is 19.2 Å². The van der Waals surface area contributed by atoms with Crippen LogP contribution in [-0.4, -0.2) is 10.8 Å². The first-order valence-corrected chi connectivity index (χ1v) is 5.61. The van der Waals surface area contributed by atoms with E-state index in [0.717, 1.165) is 18.5 Å². The van der Waals surface area contributed by atoms with Crippen molar-refractivity contribution in [2.45, 2.75) is 39.0 Å². The molecule has 0 aromatic carbocycles. The van der Waals surface area contributed by atoms with Gasteiger partial charge in [-0.3, -0.25) is 9.78 Å². The zero-order valence-corrected chi connectivity index (χ0v) is 9.36. The van der Waals surface area contributed by atoms with Gasteiger partial charge in [-0.05, 0) is 36.8 Å². The van der Waals surface area contributed by atoms with Crippen LogP contribution >= 0.6 is 0 Å². The summed E-state index contributed by atoms with van der Waals surface area (Å²) in [7, 11) is 0. The molecule has 2 atom stereocenters. The van der Waals surface area contributed by atoms with Gasteiger partial charge in [0, 0.05) is 24.7 Å². The number of aryl methyl sites for hydroxylation is 1. The van der Waals surface area contributed by atoms with Gasteiger partial charge in [0.15, 0.2) is 0 Å². The molecule has 0 aliphatic heterocycles. The van der Waals surface area contributed by atoms with Crippen molar-refractivity contribution >= 4 is 5.78 Å². The number of Topliss-reactive ketones (excluding diaryl/α,β-unsaturated/α-hetero) is 1. The molecule has 2 rings (SSSR count). The first kappa shape index (κ1) is 10.3. The Morgan fingerprint density at radius 3 is 3.00 bits per heavy atom. The molecule has 1 aliphatic carbocycles. The van der Waals surface area contributed by atoms with Crippen LogP contribution in [0.5, 0.6) is 0 Å². The van der Waals surface area contributed by atoms with Crippen molar-refractivity contribution in [3.8, 4) is 0 Å². The third-order valence-electron chi connectivity index (χ3n) is 3.46. The number of hydrogen-bond acceptors (Lipinski definition) is 2. The summed E-state index contributed by atoms with van der Waals surface area (Å²) in [5.74, 6) is 1.40. The molecule has 1 fully saturated rings. The van der Waals surface area contributed by atoms with E-state index in [4.69, 9.17) is 0 Å². The second-order valence-electron chi connectivity index (χ2n) is 4.54. The summed E-state index contributed by atoms with van der Waals surface area (Å²) in [5, 5.41) is 0. The molecular weight excluding hydrogens is 186 g/mol. The number of rotatable bonds is 1. The zero-order chi connectivity index (χ0) is 10.8. The summed E-state index contributed by atoms with van der Waals surface area (Å²) >= 11 is 0. The van der Waals surface area contributed by atoms with Crippen LogP contribution in [0.25, 0.3) is 0 Å². The monoisotopic (exact) mass is 203 g/mol. The molecule has 0 bridgehead atoms. The molecule has 1 heterocycles. The van der Waals surface area contributed by atoms with Gasteiger partial charge in [0.25, 0.3) is 0 Å². The Balaban J connectivity index is 2.29. The van der Waals surface area contributed by atoms with E-state index < -0.39 is 0 Å². The molecule has 1 aromatic heterocycles. The highest BCUT2D eigenvalue weighted by Gasteiger charge is 2.28. The quantitative estimate of drug-likeness (QED) is 0.702. The maximum absolute atomic E-state index is 11.5. The van der Waals surface area contributed by atoms with E-state index in [0.29, 0.717) is 24.0 Å². The minimum Gasteiger partial charge on any atom is -0.300 e.